The minimum absolute atomic E-state index is 0.0704. The number of nitrogens with one attached hydrogen (secondary N) is 1. The Hall–Kier alpha value is -0.610. The van der Waals surface area contributed by atoms with Gasteiger partial charge in [0.1, 0.15) is 0 Å². The SMILES string of the molecule is CN1CCCC(N(C)C(=O)C2CCCCN2)C1. The summed E-state index contributed by atoms with van der Waals surface area (Å²) in [5, 5.41) is 3.35. The Bertz CT molecular complexity index is 263. The van der Waals surface area contributed by atoms with Gasteiger partial charge in [-0.3, -0.25) is 4.79 Å². The summed E-state index contributed by atoms with van der Waals surface area (Å²) < 4.78 is 0. The Morgan fingerprint density at radius 2 is 2.12 bits per heavy atom. The first-order valence-electron chi connectivity index (χ1n) is 6.87. The van der Waals surface area contributed by atoms with Gasteiger partial charge in [-0.15, -0.1) is 0 Å². The normalized spacial score (nSPS) is 31.2. The Balaban J connectivity index is 1.89. The molecule has 0 aliphatic carbocycles. The Morgan fingerprint density at radius 3 is 2.76 bits per heavy atom. The lowest BCUT2D eigenvalue weighted by molar-refractivity contribution is -0.135. The molecule has 0 aromatic heterocycles. The predicted molar refractivity (Wildman–Crippen MR) is 68.9 cm³/mol. The maximum atomic E-state index is 12.3. The summed E-state index contributed by atoms with van der Waals surface area (Å²) in [5.74, 6) is 0.296. The Labute approximate surface area is 104 Å². The second kappa shape index (κ2) is 5.83. The average Bonchev–Trinajstić information content (AvgIpc) is 2.38. The van der Waals surface area contributed by atoms with Crippen LogP contribution in [0.5, 0.6) is 0 Å². The molecule has 1 amide bonds. The Morgan fingerprint density at radius 1 is 1.29 bits per heavy atom. The molecule has 2 atom stereocenters. The Kier molecular flexibility index (Phi) is 4.40. The minimum Gasteiger partial charge on any atom is -0.340 e. The van der Waals surface area contributed by atoms with Gasteiger partial charge in [0.15, 0.2) is 0 Å². The zero-order valence-corrected chi connectivity index (χ0v) is 11.1. The summed E-state index contributed by atoms with van der Waals surface area (Å²) in [6.07, 6.45) is 5.75. The second-order valence-electron chi connectivity index (χ2n) is 5.51. The summed E-state index contributed by atoms with van der Waals surface area (Å²) in [6.45, 7) is 3.18. The van der Waals surface area contributed by atoms with E-state index in [2.05, 4.69) is 17.3 Å². The third-order valence-electron chi connectivity index (χ3n) is 4.10. The maximum absolute atomic E-state index is 12.3. The van der Waals surface area contributed by atoms with Crippen LogP contribution in [0.3, 0.4) is 0 Å². The summed E-state index contributed by atoms with van der Waals surface area (Å²) in [6, 6.07) is 0.478. The van der Waals surface area contributed by atoms with Crippen LogP contribution in [-0.4, -0.2) is 61.5 Å². The third-order valence-corrected chi connectivity index (χ3v) is 4.10. The van der Waals surface area contributed by atoms with Crippen LogP contribution >= 0.6 is 0 Å². The quantitative estimate of drug-likeness (QED) is 0.770. The third kappa shape index (κ3) is 3.19. The van der Waals surface area contributed by atoms with Gasteiger partial charge in [-0.2, -0.15) is 0 Å². The number of hydrogen-bond donors (Lipinski definition) is 1. The predicted octanol–water partition coefficient (Wildman–Crippen LogP) is 0.681. The highest BCUT2D eigenvalue weighted by molar-refractivity contribution is 5.82. The fourth-order valence-electron chi connectivity index (χ4n) is 2.94. The van der Waals surface area contributed by atoms with Crippen molar-refractivity contribution in [3.8, 4) is 0 Å². The van der Waals surface area contributed by atoms with E-state index in [9.17, 15) is 4.79 Å². The zero-order chi connectivity index (χ0) is 12.3. The summed E-state index contributed by atoms with van der Waals surface area (Å²) in [5.41, 5.74) is 0. The molecule has 2 unspecified atom stereocenters. The van der Waals surface area contributed by atoms with Crippen LogP contribution in [0.4, 0.5) is 0 Å². The molecule has 0 spiro atoms. The monoisotopic (exact) mass is 239 g/mol. The van der Waals surface area contributed by atoms with Crippen LogP contribution in [0.15, 0.2) is 0 Å². The van der Waals surface area contributed by atoms with Crippen LogP contribution in [0, 0.1) is 0 Å². The van der Waals surface area contributed by atoms with Gasteiger partial charge in [0.25, 0.3) is 0 Å². The van der Waals surface area contributed by atoms with E-state index in [1.165, 1.54) is 25.8 Å². The van der Waals surface area contributed by atoms with Crippen molar-refractivity contribution in [1.29, 1.82) is 0 Å². The topological polar surface area (TPSA) is 35.6 Å². The van der Waals surface area contributed by atoms with E-state index in [1.807, 2.05) is 11.9 Å². The van der Waals surface area contributed by atoms with Crippen molar-refractivity contribution in [3.05, 3.63) is 0 Å². The van der Waals surface area contributed by atoms with Gasteiger partial charge < -0.3 is 15.1 Å². The summed E-state index contributed by atoms with van der Waals surface area (Å²) >= 11 is 0. The molecule has 17 heavy (non-hydrogen) atoms. The maximum Gasteiger partial charge on any atom is 0.239 e. The molecular formula is C13H25N3O. The fourth-order valence-corrected chi connectivity index (χ4v) is 2.94. The van der Waals surface area contributed by atoms with Gasteiger partial charge in [0, 0.05) is 19.6 Å². The first-order chi connectivity index (χ1) is 8.18. The second-order valence-corrected chi connectivity index (χ2v) is 5.51. The summed E-state index contributed by atoms with van der Waals surface area (Å²) in [7, 11) is 4.12. The van der Waals surface area contributed by atoms with Crippen LogP contribution in [0.25, 0.3) is 0 Å². The average molecular weight is 239 g/mol. The van der Waals surface area contributed by atoms with Crippen molar-refractivity contribution < 1.29 is 4.79 Å². The van der Waals surface area contributed by atoms with Gasteiger partial charge in [-0.05, 0) is 45.8 Å². The van der Waals surface area contributed by atoms with E-state index in [4.69, 9.17) is 0 Å². The lowest BCUT2D eigenvalue weighted by atomic mass is 10.0. The van der Waals surface area contributed by atoms with Gasteiger partial charge in [-0.1, -0.05) is 6.42 Å². The molecule has 0 bridgehead atoms. The summed E-state index contributed by atoms with van der Waals surface area (Å²) in [4.78, 5) is 16.7. The highest BCUT2D eigenvalue weighted by Gasteiger charge is 2.29. The number of likely N-dealkylation sites (N-methyl/N-ethyl adjacent to an activating group) is 2. The zero-order valence-electron chi connectivity index (χ0n) is 11.1. The van der Waals surface area contributed by atoms with E-state index in [1.54, 1.807) is 0 Å². The number of hydrogen-bond acceptors (Lipinski definition) is 3. The molecule has 4 heteroatoms. The largest absolute Gasteiger partial charge is 0.340 e. The lowest BCUT2D eigenvalue weighted by Gasteiger charge is -2.38. The molecule has 0 saturated carbocycles. The van der Waals surface area contributed by atoms with Crippen LogP contribution < -0.4 is 5.32 Å². The van der Waals surface area contributed by atoms with Crippen LogP contribution in [0.2, 0.25) is 0 Å². The van der Waals surface area contributed by atoms with Gasteiger partial charge in [0.2, 0.25) is 5.91 Å². The smallest absolute Gasteiger partial charge is 0.239 e. The molecule has 98 valence electrons. The number of nitrogens with zero attached hydrogens (tertiary/aromatic N) is 2. The molecule has 2 aliphatic heterocycles. The number of rotatable bonds is 2. The van der Waals surface area contributed by atoms with E-state index < -0.39 is 0 Å². The highest BCUT2D eigenvalue weighted by atomic mass is 16.2. The van der Waals surface area contributed by atoms with E-state index >= 15 is 0 Å². The van der Waals surface area contributed by atoms with E-state index in [0.29, 0.717) is 11.9 Å². The number of likely N-dealkylation sites (tertiary alicyclic amines) is 1. The molecule has 2 rings (SSSR count). The van der Waals surface area contributed by atoms with Crippen molar-refractivity contribution in [2.45, 2.75) is 44.2 Å². The van der Waals surface area contributed by atoms with Crippen molar-refractivity contribution in [2.24, 2.45) is 0 Å². The fraction of sp³-hybridized carbons (Fsp3) is 0.923. The molecule has 2 saturated heterocycles. The van der Waals surface area contributed by atoms with Gasteiger partial charge in [0.05, 0.1) is 6.04 Å². The van der Waals surface area contributed by atoms with Gasteiger partial charge >= 0.3 is 0 Å². The molecule has 0 aromatic carbocycles. The molecule has 0 aromatic rings. The first-order valence-corrected chi connectivity index (χ1v) is 6.87. The first kappa shape index (κ1) is 12.8. The van der Waals surface area contributed by atoms with Gasteiger partial charge in [-0.25, -0.2) is 0 Å². The standard InChI is InChI=1S/C13H25N3O/c1-15-9-5-6-11(10-15)16(2)13(17)12-7-3-4-8-14-12/h11-12,14H,3-10H2,1-2H3. The van der Waals surface area contributed by atoms with Crippen molar-refractivity contribution in [2.75, 3.05) is 33.7 Å². The molecule has 0 radical (unpaired) electrons. The van der Waals surface area contributed by atoms with E-state index in [0.717, 1.165) is 25.9 Å². The van der Waals surface area contributed by atoms with Crippen molar-refractivity contribution in [1.82, 2.24) is 15.1 Å². The van der Waals surface area contributed by atoms with Crippen molar-refractivity contribution in [3.63, 3.8) is 0 Å². The number of amides is 1. The van der Waals surface area contributed by atoms with Crippen molar-refractivity contribution >= 4 is 5.91 Å². The molecule has 2 heterocycles. The molecule has 2 aliphatic rings. The molecular weight excluding hydrogens is 214 g/mol. The molecule has 2 fully saturated rings. The van der Waals surface area contributed by atoms with Crippen LogP contribution in [0.1, 0.15) is 32.1 Å². The molecule has 4 nitrogen and oxygen atoms in total. The number of carbonyl (C=O) groups is 1. The molecule has 1 N–H and O–H groups in total. The lowest BCUT2D eigenvalue weighted by Crippen LogP contribution is -2.53. The van der Waals surface area contributed by atoms with E-state index in [-0.39, 0.29) is 6.04 Å². The number of piperidine rings is 2. The number of carbonyl (C=O) groups excluding carboxylic acids is 1. The highest BCUT2D eigenvalue weighted by Crippen LogP contribution is 2.16. The minimum atomic E-state index is 0.0704. The van der Waals surface area contributed by atoms with Crippen LogP contribution in [-0.2, 0) is 4.79 Å².